The first-order chi connectivity index (χ1) is 13.0. The van der Waals surface area contributed by atoms with Crippen molar-refractivity contribution in [1.29, 1.82) is 0 Å². The predicted octanol–water partition coefficient (Wildman–Crippen LogP) is 2.94. The summed E-state index contributed by atoms with van der Waals surface area (Å²) in [5, 5.41) is 0. The number of fused-ring (bicyclic) bond motifs is 1. The van der Waals surface area contributed by atoms with Gasteiger partial charge in [0.1, 0.15) is 5.65 Å². The Bertz CT molecular complexity index is 1030. The Morgan fingerprint density at radius 1 is 1.00 bits per heavy atom. The lowest BCUT2D eigenvalue weighted by Gasteiger charge is -2.36. The maximum atomic E-state index is 12.4. The highest BCUT2D eigenvalue weighted by Gasteiger charge is 2.19. The third kappa shape index (κ3) is 3.60. The number of hydrogen-bond donors (Lipinski definition) is 0. The molecule has 1 aliphatic rings. The van der Waals surface area contributed by atoms with Gasteiger partial charge in [0, 0.05) is 50.7 Å². The Morgan fingerprint density at radius 3 is 2.56 bits per heavy atom. The van der Waals surface area contributed by atoms with E-state index >= 15 is 0 Å². The van der Waals surface area contributed by atoms with Crippen LogP contribution in [-0.2, 0) is 6.54 Å². The molecule has 2 aromatic heterocycles. The van der Waals surface area contributed by atoms with Crippen molar-refractivity contribution in [3.8, 4) is 0 Å². The molecule has 0 amide bonds. The lowest BCUT2D eigenvalue weighted by molar-refractivity contribution is 0.247. The molecule has 5 heteroatoms. The number of aromatic nitrogens is 2. The Balaban J connectivity index is 1.46. The molecule has 0 spiro atoms. The maximum absolute atomic E-state index is 12.4. The Kier molecular flexibility index (Phi) is 4.70. The van der Waals surface area contributed by atoms with Crippen molar-refractivity contribution in [2.45, 2.75) is 27.3 Å². The third-order valence-corrected chi connectivity index (χ3v) is 5.54. The van der Waals surface area contributed by atoms with Gasteiger partial charge >= 0.3 is 0 Å². The van der Waals surface area contributed by atoms with E-state index in [2.05, 4.69) is 46.8 Å². The van der Waals surface area contributed by atoms with Crippen molar-refractivity contribution in [2.75, 3.05) is 31.1 Å². The van der Waals surface area contributed by atoms with E-state index in [1.807, 2.05) is 25.3 Å². The van der Waals surface area contributed by atoms with Crippen LogP contribution >= 0.6 is 0 Å². The standard InChI is InChI=1S/C22H26N4O/c1-16-7-8-21-23-19(13-22(27)26(21)14-16)15-24-9-11-25(12-10-24)20-6-4-5-17(2)18(20)3/h4-8,13-14H,9-12,15H2,1-3H3. The monoisotopic (exact) mass is 362 g/mol. The van der Waals surface area contributed by atoms with Crippen LogP contribution < -0.4 is 10.5 Å². The number of rotatable bonds is 3. The molecule has 0 atom stereocenters. The van der Waals surface area contributed by atoms with Crippen LogP contribution in [0.25, 0.3) is 5.65 Å². The first kappa shape index (κ1) is 17.7. The minimum atomic E-state index is -0.00674. The number of benzene rings is 1. The normalized spacial score (nSPS) is 15.4. The van der Waals surface area contributed by atoms with E-state index in [1.54, 1.807) is 10.5 Å². The molecule has 0 unspecified atom stereocenters. The van der Waals surface area contributed by atoms with E-state index in [0.29, 0.717) is 0 Å². The van der Waals surface area contributed by atoms with Gasteiger partial charge in [0.25, 0.3) is 5.56 Å². The quantitative estimate of drug-likeness (QED) is 0.718. The summed E-state index contributed by atoms with van der Waals surface area (Å²) in [5.74, 6) is 0. The Hall–Kier alpha value is -2.66. The number of piperazine rings is 1. The van der Waals surface area contributed by atoms with E-state index in [0.717, 1.165) is 49.6 Å². The number of pyridine rings is 1. The van der Waals surface area contributed by atoms with Crippen LogP contribution in [0.15, 0.2) is 47.4 Å². The van der Waals surface area contributed by atoms with Gasteiger partial charge < -0.3 is 4.90 Å². The van der Waals surface area contributed by atoms with E-state index in [-0.39, 0.29) is 5.56 Å². The van der Waals surface area contributed by atoms with Crippen molar-refractivity contribution < 1.29 is 0 Å². The second-order valence-electron chi connectivity index (χ2n) is 7.50. The highest BCUT2D eigenvalue weighted by atomic mass is 16.1. The molecule has 0 N–H and O–H groups in total. The van der Waals surface area contributed by atoms with Gasteiger partial charge in [0.05, 0.1) is 5.69 Å². The zero-order chi connectivity index (χ0) is 19.0. The van der Waals surface area contributed by atoms with Crippen LogP contribution in [0, 0.1) is 20.8 Å². The van der Waals surface area contributed by atoms with Crippen LogP contribution in [0.1, 0.15) is 22.4 Å². The molecule has 0 saturated carbocycles. The summed E-state index contributed by atoms with van der Waals surface area (Å²) in [7, 11) is 0. The van der Waals surface area contributed by atoms with E-state index in [4.69, 9.17) is 0 Å². The maximum Gasteiger partial charge on any atom is 0.258 e. The van der Waals surface area contributed by atoms with Crippen LogP contribution in [0.2, 0.25) is 0 Å². The lowest BCUT2D eigenvalue weighted by atomic mass is 10.1. The van der Waals surface area contributed by atoms with E-state index in [9.17, 15) is 4.79 Å². The number of hydrogen-bond acceptors (Lipinski definition) is 4. The van der Waals surface area contributed by atoms with Crippen molar-refractivity contribution in [3.63, 3.8) is 0 Å². The second-order valence-corrected chi connectivity index (χ2v) is 7.50. The van der Waals surface area contributed by atoms with Crippen LogP contribution in [0.3, 0.4) is 0 Å². The number of nitrogens with zero attached hydrogens (tertiary/aromatic N) is 4. The molecule has 27 heavy (non-hydrogen) atoms. The summed E-state index contributed by atoms with van der Waals surface area (Å²) < 4.78 is 1.62. The van der Waals surface area contributed by atoms with Gasteiger partial charge in [-0.05, 0) is 49.6 Å². The van der Waals surface area contributed by atoms with Gasteiger partial charge in [0.2, 0.25) is 0 Å². The molecule has 1 fully saturated rings. The molecule has 3 heterocycles. The van der Waals surface area contributed by atoms with Crippen LogP contribution in [0.4, 0.5) is 5.69 Å². The van der Waals surface area contributed by atoms with Gasteiger partial charge in [-0.1, -0.05) is 18.2 Å². The van der Waals surface area contributed by atoms with Crippen molar-refractivity contribution >= 4 is 11.3 Å². The highest BCUT2D eigenvalue weighted by Crippen LogP contribution is 2.24. The lowest BCUT2D eigenvalue weighted by Crippen LogP contribution is -2.46. The van der Waals surface area contributed by atoms with Gasteiger partial charge in [-0.2, -0.15) is 0 Å². The summed E-state index contributed by atoms with van der Waals surface area (Å²) >= 11 is 0. The minimum absolute atomic E-state index is 0.00674. The zero-order valence-corrected chi connectivity index (χ0v) is 16.3. The summed E-state index contributed by atoms with van der Waals surface area (Å²) in [6, 6.07) is 12.1. The molecule has 4 rings (SSSR count). The van der Waals surface area contributed by atoms with Crippen molar-refractivity contribution in [1.82, 2.24) is 14.3 Å². The van der Waals surface area contributed by atoms with E-state index < -0.39 is 0 Å². The predicted molar refractivity (Wildman–Crippen MR) is 110 cm³/mol. The number of aryl methyl sites for hydroxylation is 2. The molecule has 1 aromatic carbocycles. The Labute approximate surface area is 159 Å². The first-order valence-corrected chi connectivity index (χ1v) is 9.54. The molecular weight excluding hydrogens is 336 g/mol. The fourth-order valence-corrected chi connectivity index (χ4v) is 3.79. The highest BCUT2D eigenvalue weighted by molar-refractivity contribution is 5.56. The summed E-state index contributed by atoms with van der Waals surface area (Å²) in [6.07, 6.45) is 1.84. The average Bonchev–Trinajstić information content (AvgIpc) is 2.65. The van der Waals surface area contributed by atoms with Crippen molar-refractivity contribution in [3.05, 3.63) is 75.3 Å². The molecule has 0 radical (unpaired) electrons. The Morgan fingerprint density at radius 2 is 1.78 bits per heavy atom. The van der Waals surface area contributed by atoms with Gasteiger partial charge in [-0.15, -0.1) is 0 Å². The van der Waals surface area contributed by atoms with Crippen LogP contribution in [-0.4, -0.2) is 40.5 Å². The molecule has 0 aliphatic carbocycles. The first-order valence-electron chi connectivity index (χ1n) is 9.54. The third-order valence-electron chi connectivity index (χ3n) is 5.54. The molecule has 0 bridgehead atoms. The molecule has 1 aliphatic heterocycles. The largest absolute Gasteiger partial charge is 0.369 e. The fourth-order valence-electron chi connectivity index (χ4n) is 3.79. The SMILES string of the molecule is Cc1ccc2nc(CN3CCN(c4cccc(C)c4C)CC3)cc(=O)n2c1. The average molecular weight is 362 g/mol. The van der Waals surface area contributed by atoms with Gasteiger partial charge in [-0.3, -0.25) is 14.1 Å². The molecule has 1 saturated heterocycles. The van der Waals surface area contributed by atoms with E-state index in [1.165, 1.54) is 16.8 Å². The number of anilines is 1. The summed E-state index contributed by atoms with van der Waals surface area (Å²) in [5.41, 5.74) is 6.67. The smallest absolute Gasteiger partial charge is 0.258 e. The summed E-state index contributed by atoms with van der Waals surface area (Å²) in [6.45, 7) is 11.0. The molecule has 5 nitrogen and oxygen atoms in total. The van der Waals surface area contributed by atoms with Gasteiger partial charge in [0.15, 0.2) is 0 Å². The van der Waals surface area contributed by atoms with Crippen molar-refractivity contribution in [2.24, 2.45) is 0 Å². The molecule has 140 valence electrons. The summed E-state index contributed by atoms with van der Waals surface area (Å²) in [4.78, 5) is 21.9. The fraction of sp³-hybridized carbons (Fsp3) is 0.364. The molecule has 3 aromatic rings. The second kappa shape index (κ2) is 7.16. The topological polar surface area (TPSA) is 40.9 Å². The molecular formula is C22H26N4O. The minimum Gasteiger partial charge on any atom is -0.369 e. The van der Waals surface area contributed by atoms with Crippen LogP contribution in [0.5, 0.6) is 0 Å². The van der Waals surface area contributed by atoms with Gasteiger partial charge in [-0.25, -0.2) is 4.98 Å². The zero-order valence-electron chi connectivity index (χ0n) is 16.3.